The van der Waals surface area contributed by atoms with Crippen LogP contribution in [0.5, 0.6) is 0 Å². The van der Waals surface area contributed by atoms with E-state index in [9.17, 15) is 9.59 Å². The molecule has 1 amide bonds. The number of carboxylic acids is 1. The first-order valence-corrected chi connectivity index (χ1v) is 5.39. The average Bonchev–Trinajstić information content (AvgIpc) is 2.62. The molecule has 0 aromatic carbocycles. The second kappa shape index (κ2) is 4.39. The Morgan fingerprint density at radius 3 is 2.62 bits per heavy atom. The smallest absolute Gasteiger partial charge is 0.310 e. The number of hydrogen-bond donors (Lipinski definition) is 2. The Bertz CT molecular complexity index is 301. The number of nitrogens with one attached hydrogen (secondary N) is 1. The molecule has 0 saturated carbocycles. The van der Waals surface area contributed by atoms with Crippen molar-refractivity contribution in [1.82, 2.24) is 10.2 Å². The first-order chi connectivity index (χ1) is 7.61. The lowest BCUT2D eigenvalue weighted by molar-refractivity contribution is -0.153. The lowest BCUT2D eigenvalue weighted by Crippen LogP contribution is -2.57. The molecule has 2 atom stereocenters. The fourth-order valence-corrected chi connectivity index (χ4v) is 2.11. The Labute approximate surface area is 93.6 Å². The number of aliphatic carboxylic acids is 1. The highest BCUT2D eigenvalue weighted by Crippen LogP contribution is 2.20. The number of methoxy groups -OCH3 is 1. The van der Waals surface area contributed by atoms with Crippen molar-refractivity contribution in [2.24, 2.45) is 5.92 Å². The van der Waals surface area contributed by atoms with Gasteiger partial charge >= 0.3 is 5.97 Å². The maximum atomic E-state index is 11.9. The normalized spacial score (nSPS) is 30.2. The van der Waals surface area contributed by atoms with Crippen LogP contribution in [0.15, 0.2) is 0 Å². The minimum absolute atomic E-state index is 0.00273. The fraction of sp³-hybridized carbons (Fsp3) is 0.800. The maximum absolute atomic E-state index is 11.9. The zero-order valence-electron chi connectivity index (χ0n) is 9.18. The predicted octanol–water partition coefficient (Wildman–Crippen LogP) is -1.09. The molecular formula is C10H16N2O4. The van der Waals surface area contributed by atoms with Crippen molar-refractivity contribution in [3.05, 3.63) is 0 Å². The number of nitrogens with zero attached hydrogens (tertiary/aromatic N) is 1. The van der Waals surface area contributed by atoms with E-state index in [1.54, 1.807) is 12.0 Å². The van der Waals surface area contributed by atoms with Gasteiger partial charge in [0, 0.05) is 26.7 Å². The van der Waals surface area contributed by atoms with E-state index in [0.717, 1.165) is 0 Å². The third kappa shape index (κ3) is 2.03. The van der Waals surface area contributed by atoms with Gasteiger partial charge in [-0.15, -0.1) is 0 Å². The summed E-state index contributed by atoms with van der Waals surface area (Å²) in [4.78, 5) is 24.1. The lowest BCUT2D eigenvalue weighted by Gasteiger charge is -2.38. The van der Waals surface area contributed by atoms with Crippen LogP contribution in [0.4, 0.5) is 0 Å². The summed E-state index contributed by atoms with van der Waals surface area (Å²) in [7, 11) is 1.63. The summed E-state index contributed by atoms with van der Waals surface area (Å²) in [5.41, 5.74) is 0. The van der Waals surface area contributed by atoms with Gasteiger partial charge in [0.1, 0.15) is 0 Å². The molecule has 6 nitrogen and oxygen atoms in total. The minimum Gasteiger partial charge on any atom is -0.481 e. The van der Waals surface area contributed by atoms with Gasteiger partial charge in [0.25, 0.3) is 0 Å². The Morgan fingerprint density at radius 2 is 2.12 bits per heavy atom. The van der Waals surface area contributed by atoms with Crippen LogP contribution in [0.1, 0.15) is 6.42 Å². The van der Waals surface area contributed by atoms with Gasteiger partial charge in [0.2, 0.25) is 5.91 Å². The highest BCUT2D eigenvalue weighted by molar-refractivity contribution is 5.85. The molecular weight excluding hydrogens is 212 g/mol. The van der Waals surface area contributed by atoms with Crippen molar-refractivity contribution in [2.75, 3.05) is 26.7 Å². The van der Waals surface area contributed by atoms with Crippen molar-refractivity contribution < 1.29 is 19.4 Å². The number of rotatable bonds is 3. The summed E-state index contributed by atoms with van der Waals surface area (Å²) in [5.74, 6) is -1.21. The van der Waals surface area contributed by atoms with Crippen LogP contribution >= 0.6 is 0 Å². The number of amides is 1. The summed E-state index contributed by atoms with van der Waals surface area (Å²) in [6.07, 6.45) is 0.759. The first kappa shape index (κ1) is 11.3. The quantitative estimate of drug-likeness (QED) is 0.641. The second-order valence-corrected chi connectivity index (χ2v) is 4.33. The van der Waals surface area contributed by atoms with E-state index < -0.39 is 5.97 Å². The molecule has 0 bridgehead atoms. The average molecular weight is 228 g/mol. The van der Waals surface area contributed by atoms with E-state index in [1.165, 1.54) is 0 Å². The van der Waals surface area contributed by atoms with E-state index in [0.29, 0.717) is 26.1 Å². The molecule has 2 unspecified atom stereocenters. The number of carbonyl (C=O) groups is 2. The van der Waals surface area contributed by atoms with Crippen LogP contribution in [0.2, 0.25) is 0 Å². The molecule has 0 aromatic heterocycles. The molecule has 90 valence electrons. The van der Waals surface area contributed by atoms with Crippen molar-refractivity contribution in [3.63, 3.8) is 0 Å². The summed E-state index contributed by atoms with van der Waals surface area (Å²) in [5, 5.41) is 11.8. The van der Waals surface area contributed by atoms with E-state index in [-0.39, 0.29) is 24.0 Å². The second-order valence-electron chi connectivity index (χ2n) is 4.33. The zero-order chi connectivity index (χ0) is 11.7. The number of carboxylic acid groups (broad SMARTS) is 1. The molecule has 2 heterocycles. The monoisotopic (exact) mass is 228 g/mol. The van der Waals surface area contributed by atoms with Crippen LogP contribution in [0, 0.1) is 5.92 Å². The Balaban J connectivity index is 1.80. The van der Waals surface area contributed by atoms with Crippen LogP contribution in [0.3, 0.4) is 0 Å². The topological polar surface area (TPSA) is 78.9 Å². The summed E-state index contributed by atoms with van der Waals surface area (Å²) in [6, 6.07) is -0.209. The lowest BCUT2D eigenvalue weighted by atomic mass is 9.99. The molecule has 0 aromatic rings. The standard InChI is InChI=1S/C10H16N2O4/c1-16-7-2-8(11-3-7)9(13)12-4-6(5-12)10(14)15/h6-8,11H,2-5H2,1H3,(H,14,15). The summed E-state index contributed by atoms with van der Waals surface area (Å²) < 4.78 is 5.15. The zero-order valence-corrected chi connectivity index (χ0v) is 9.18. The van der Waals surface area contributed by atoms with Crippen molar-refractivity contribution in [3.8, 4) is 0 Å². The molecule has 0 aliphatic carbocycles. The first-order valence-electron chi connectivity index (χ1n) is 5.39. The number of carbonyl (C=O) groups excluding carboxylic acids is 1. The van der Waals surface area contributed by atoms with Gasteiger partial charge in [0.15, 0.2) is 0 Å². The molecule has 2 aliphatic rings. The van der Waals surface area contributed by atoms with Crippen molar-refractivity contribution >= 4 is 11.9 Å². The minimum atomic E-state index is -0.821. The predicted molar refractivity (Wildman–Crippen MR) is 54.9 cm³/mol. The van der Waals surface area contributed by atoms with E-state index in [1.807, 2.05) is 0 Å². The fourth-order valence-electron chi connectivity index (χ4n) is 2.11. The van der Waals surface area contributed by atoms with E-state index in [4.69, 9.17) is 9.84 Å². The molecule has 0 spiro atoms. The Morgan fingerprint density at radius 1 is 1.44 bits per heavy atom. The molecule has 0 radical (unpaired) electrons. The van der Waals surface area contributed by atoms with E-state index >= 15 is 0 Å². The highest BCUT2D eigenvalue weighted by Gasteiger charge is 2.40. The molecule has 16 heavy (non-hydrogen) atoms. The maximum Gasteiger partial charge on any atom is 0.310 e. The largest absolute Gasteiger partial charge is 0.481 e. The van der Waals surface area contributed by atoms with Crippen LogP contribution in [0.25, 0.3) is 0 Å². The van der Waals surface area contributed by atoms with Gasteiger partial charge in [-0.3, -0.25) is 9.59 Å². The van der Waals surface area contributed by atoms with Gasteiger partial charge in [-0.25, -0.2) is 0 Å². The number of ether oxygens (including phenoxy) is 1. The number of hydrogen-bond acceptors (Lipinski definition) is 4. The van der Waals surface area contributed by atoms with Gasteiger partial charge in [-0.05, 0) is 6.42 Å². The van der Waals surface area contributed by atoms with Gasteiger partial charge in [0.05, 0.1) is 18.1 Å². The van der Waals surface area contributed by atoms with Crippen molar-refractivity contribution in [2.45, 2.75) is 18.6 Å². The molecule has 2 rings (SSSR count). The molecule has 2 fully saturated rings. The number of likely N-dealkylation sites (tertiary alicyclic amines) is 1. The van der Waals surface area contributed by atoms with Gasteiger partial charge in [-0.1, -0.05) is 0 Å². The third-order valence-corrected chi connectivity index (χ3v) is 3.26. The SMILES string of the molecule is COC1CNC(C(=O)N2CC(C(=O)O)C2)C1. The van der Waals surface area contributed by atoms with Gasteiger partial charge in [-0.2, -0.15) is 0 Å². The summed E-state index contributed by atoms with van der Waals surface area (Å²) in [6.45, 7) is 1.36. The van der Waals surface area contributed by atoms with Crippen LogP contribution in [-0.2, 0) is 14.3 Å². The van der Waals surface area contributed by atoms with Gasteiger partial charge < -0.3 is 20.1 Å². The van der Waals surface area contributed by atoms with Crippen molar-refractivity contribution in [1.29, 1.82) is 0 Å². The molecule has 6 heteroatoms. The Kier molecular flexibility index (Phi) is 3.11. The molecule has 2 N–H and O–H groups in total. The molecule has 2 saturated heterocycles. The molecule has 2 aliphatic heterocycles. The van der Waals surface area contributed by atoms with E-state index in [2.05, 4.69) is 5.32 Å². The summed E-state index contributed by atoms with van der Waals surface area (Å²) >= 11 is 0. The van der Waals surface area contributed by atoms with Crippen LogP contribution in [-0.4, -0.2) is 60.8 Å². The van der Waals surface area contributed by atoms with Crippen LogP contribution < -0.4 is 5.32 Å². The Hall–Kier alpha value is -1.14. The third-order valence-electron chi connectivity index (χ3n) is 3.26. The highest BCUT2D eigenvalue weighted by atomic mass is 16.5.